The fraction of sp³-hybridized carbons (Fsp3) is 0.833. The molecule has 5 nitrogen and oxygen atoms in total. The number of hydrogen-bond acceptors (Lipinski definition) is 5. The van der Waals surface area contributed by atoms with Gasteiger partial charge in [0.15, 0.2) is 0 Å². The molecule has 0 aromatic rings. The third-order valence-corrected chi connectivity index (χ3v) is 2.89. The molecule has 0 radical (unpaired) electrons. The van der Waals surface area contributed by atoms with Gasteiger partial charge in [-0.3, -0.25) is 0 Å². The highest BCUT2D eigenvalue weighted by atomic mass is 19.3. The van der Waals surface area contributed by atoms with Gasteiger partial charge in [0.1, 0.15) is 0 Å². The number of esters is 1. The monoisotopic (exact) mass is 280 g/mol. The van der Waals surface area contributed by atoms with Crippen LogP contribution in [0.5, 0.6) is 0 Å². The standard InChI is InChI=1S/C12H18F2O5/c1-12(13,14)10(15)18-8-19-11(16)17-7-9-5-3-2-4-6-9/h9H,2-8H2,1H3. The summed E-state index contributed by atoms with van der Waals surface area (Å²) in [6, 6.07) is 0. The van der Waals surface area contributed by atoms with Gasteiger partial charge in [0.2, 0.25) is 6.79 Å². The van der Waals surface area contributed by atoms with Crippen molar-refractivity contribution in [1.29, 1.82) is 0 Å². The van der Waals surface area contributed by atoms with Crippen molar-refractivity contribution in [2.45, 2.75) is 45.0 Å². The summed E-state index contributed by atoms with van der Waals surface area (Å²) in [6.07, 6.45) is 4.42. The van der Waals surface area contributed by atoms with Gasteiger partial charge in [-0.15, -0.1) is 0 Å². The summed E-state index contributed by atoms with van der Waals surface area (Å²) in [6.45, 7) is -0.223. The Morgan fingerprint density at radius 1 is 1.11 bits per heavy atom. The molecule has 0 amide bonds. The summed E-state index contributed by atoms with van der Waals surface area (Å²) >= 11 is 0. The molecule has 0 spiro atoms. The summed E-state index contributed by atoms with van der Waals surface area (Å²) in [4.78, 5) is 21.7. The summed E-state index contributed by atoms with van der Waals surface area (Å²) < 4.78 is 38.0. The van der Waals surface area contributed by atoms with Gasteiger partial charge in [0.05, 0.1) is 6.61 Å². The molecule has 0 heterocycles. The number of ether oxygens (including phenoxy) is 3. The first-order chi connectivity index (χ1) is 8.89. The normalized spacial score (nSPS) is 16.8. The lowest BCUT2D eigenvalue weighted by molar-refractivity contribution is -0.178. The fourth-order valence-corrected chi connectivity index (χ4v) is 1.84. The molecule has 110 valence electrons. The van der Waals surface area contributed by atoms with E-state index in [0.29, 0.717) is 12.8 Å². The van der Waals surface area contributed by atoms with Crippen LogP contribution in [0.3, 0.4) is 0 Å². The highest BCUT2D eigenvalue weighted by Gasteiger charge is 2.34. The van der Waals surface area contributed by atoms with Crippen molar-refractivity contribution in [3.8, 4) is 0 Å². The van der Waals surface area contributed by atoms with Gasteiger partial charge in [-0.1, -0.05) is 19.3 Å². The Bertz CT molecular complexity index is 308. The van der Waals surface area contributed by atoms with E-state index in [2.05, 4.69) is 9.47 Å². The average molecular weight is 280 g/mol. The predicted molar refractivity (Wildman–Crippen MR) is 60.6 cm³/mol. The van der Waals surface area contributed by atoms with Crippen molar-refractivity contribution in [1.82, 2.24) is 0 Å². The van der Waals surface area contributed by atoms with Gasteiger partial charge in [-0.25, -0.2) is 9.59 Å². The predicted octanol–water partition coefficient (Wildman–Crippen LogP) is 2.88. The first kappa shape index (κ1) is 15.7. The van der Waals surface area contributed by atoms with Crippen LogP contribution in [0.15, 0.2) is 0 Å². The second-order valence-corrected chi connectivity index (χ2v) is 4.65. The van der Waals surface area contributed by atoms with E-state index in [1.807, 2.05) is 0 Å². The van der Waals surface area contributed by atoms with Crippen molar-refractivity contribution in [3.05, 3.63) is 0 Å². The highest BCUT2D eigenvalue weighted by Crippen LogP contribution is 2.23. The Hall–Kier alpha value is -1.40. The maximum atomic E-state index is 12.4. The number of halogens is 2. The Morgan fingerprint density at radius 2 is 1.74 bits per heavy atom. The molecule has 0 saturated heterocycles. The van der Waals surface area contributed by atoms with Gasteiger partial charge in [0, 0.05) is 6.92 Å². The average Bonchev–Trinajstić information content (AvgIpc) is 2.36. The topological polar surface area (TPSA) is 61.8 Å². The van der Waals surface area contributed by atoms with Crippen molar-refractivity contribution < 1.29 is 32.6 Å². The molecule has 0 aliphatic heterocycles. The van der Waals surface area contributed by atoms with Crippen LogP contribution in [-0.4, -0.2) is 31.4 Å². The molecule has 0 aromatic carbocycles. The maximum Gasteiger partial charge on any atom is 0.511 e. The van der Waals surface area contributed by atoms with Gasteiger partial charge < -0.3 is 14.2 Å². The van der Waals surface area contributed by atoms with Gasteiger partial charge in [0.25, 0.3) is 0 Å². The molecular formula is C12H18F2O5. The molecular weight excluding hydrogens is 262 g/mol. The molecule has 1 fully saturated rings. The Labute approximate surface area is 110 Å². The number of carbonyl (C=O) groups is 2. The first-order valence-corrected chi connectivity index (χ1v) is 6.24. The van der Waals surface area contributed by atoms with Crippen LogP contribution in [0, 0.1) is 5.92 Å². The lowest BCUT2D eigenvalue weighted by atomic mass is 9.90. The van der Waals surface area contributed by atoms with Crippen molar-refractivity contribution in [2.24, 2.45) is 5.92 Å². The molecule has 1 saturated carbocycles. The fourth-order valence-electron chi connectivity index (χ4n) is 1.84. The van der Waals surface area contributed by atoms with E-state index in [4.69, 9.17) is 4.74 Å². The van der Waals surface area contributed by atoms with E-state index >= 15 is 0 Å². The third-order valence-electron chi connectivity index (χ3n) is 2.89. The van der Waals surface area contributed by atoms with E-state index < -0.39 is 24.8 Å². The minimum absolute atomic E-state index is 0.247. The van der Waals surface area contributed by atoms with E-state index in [0.717, 1.165) is 25.7 Å². The summed E-state index contributed by atoms with van der Waals surface area (Å²) in [5.41, 5.74) is 0. The number of rotatable bonds is 5. The summed E-state index contributed by atoms with van der Waals surface area (Å²) in [7, 11) is 0. The number of carbonyl (C=O) groups excluding carboxylic acids is 2. The van der Waals surface area contributed by atoms with Crippen LogP contribution >= 0.6 is 0 Å². The Balaban J connectivity index is 2.09. The van der Waals surface area contributed by atoms with Crippen molar-refractivity contribution >= 4 is 12.1 Å². The van der Waals surface area contributed by atoms with Crippen LogP contribution in [0.25, 0.3) is 0 Å². The highest BCUT2D eigenvalue weighted by molar-refractivity contribution is 5.76. The summed E-state index contributed by atoms with van der Waals surface area (Å²) in [5, 5.41) is 0. The molecule has 0 unspecified atom stereocenters. The second kappa shape index (κ2) is 7.25. The molecule has 0 bridgehead atoms. The van der Waals surface area contributed by atoms with Crippen LogP contribution < -0.4 is 0 Å². The van der Waals surface area contributed by atoms with Gasteiger partial charge >= 0.3 is 18.0 Å². The molecule has 0 atom stereocenters. The van der Waals surface area contributed by atoms with Crippen LogP contribution in [0.2, 0.25) is 0 Å². The molecule has 1 rings (SSSR count). The number of hydrogen-bond donors (Lipinski definition) is 0. The van der Waals surface area contributed by atoms with E-state index in [-0.39, 0.29) is 6.61 Å². The lowest BCUT2D eigenvalue weighted by Crippen LogP contribution is -2.28. The maximum absolute atomic E-state index is 12.4. The summed E-state index contributed by atoms with van der Waals surface area (Å²) in [5.74, 6) is -5.02. The molecule has 0 aromatic heterocycles. The van der Waals surface area contributed by atoms with Crippen molar-refractivity contribution in [2.75, 3.05) is 13.4 Å². The molecule has 19 heavy (non-hydrogen) atoms. The zero-order valence-corrected chi connectivity index (χ0v) is 10.8. The molecule has 7 heteroatoms. The molecule has 1 aliphatic carbocycles. The third kappa shape index (κ3) is 6.35. The minimum atomic E-state index is -3.60. The zero-order chi connectivity index (χ0) is 14.3. The minimum Gasteiger partial charge on any atom is -0.434 e. The quantitative estimate of drug-likeness (QED) is 0.572. The van der Waals surface area contributed by atoms with E-state index in [1.54, 1.807) is 0 Å². The van der Waals surface area contributed by atoms with Gasteiger partial charge in [-0.05, 0) is 18.8 Å². The SMILES string of the molecule is CC(F)(F)C(=O)OCOC(=O)OCC1CCCCC1. The van der Waals surface area contributed by atoms with Crippen LogP contribution in [0.4, 0.5) is 13.6 Å². The Kier molecular flexibility index (Phi) is 5.98. The molecule has 0 N–H and O–H groups in total. The second-order valence-electron chi connectivity index (χ2n) is 4.65. The van der Waals surface area contributed by atoms with Crippen LogP contribution in [0.1, 0.15) is 39.0 Å². The number of alkyl halides is 2. The Morgan fingerprint density at radius 3 is 2.32 bits per heavy atom. The smallest absolute Gasteiger partial charge is 0.434 e. The zero-order valence-electron chi connectivity index (χ0n) is 10.8. The van der Waals surface area contributed by atoms with Crippen molar-refractivity contribution in [3.63, 3.8) is 0 Å². The lowest BCUT2D eigenvalue weighted by Gasteiger charge is -2.20. The van der Waals surface area contributed by atoms with E-state index in [1.165, 1.54) is 6.42 Å². The van der Waals surface area contributed by atoms with Gasteiger partial charge in [-0.2, -0.15) is 8.78 Å². The van der Waals surface area contributed by atoms with Crippen LogP contribution in [-0.2, 0) is 19.0 Å². The largest absolute Gasteiger partial charge is 0.511 e. The first-order valence-electron chi connectivity index (χ1n) is 6.24. The molecule has 1 aliphatic rings. The van der Waals surface area contributed by atoms with E-state index in [9.17, 15) is 18.4 Å².